The van der Waals surface area contributed by atoms with Crippen molar-refractivity contribution < 1.29 is 0 Å². The molecule has 0 aliphatic carbocycles. The van der Waals surface area contributed by atoms with Crippen LogP contribution in [0.3, 0.4) is 0 Å². The number of rotatable bonds is 4. The highest BCUT2D eigenvalue weighted by Crippen LogP contribution is 2.22. The monoisotopic (exact) mass is 274 g/mol. The van der Waals surface area contributed by atoms with E-state index in [1.54, 1.807) is 6.07 Å². The minimum Gasteiger partial charge on any atom is -0.382 e. The van der Waals surface area contributed by atoms with Gasteiger partial charge in [0.1, 0.15) is 0 Å². The minimum absolute atomic E-state index is 0.360. The van der Waals surface area contributed by atoms with E-state index >= 15 is 0 Å². The van der Waals surface area contributed by atoms with E-state index in [1.165, 1.54) is 13.0 Å². The summed E-state index contributed by atoms with van der Waals surface area (Å²) in [6, 6.07) is 1.71. The number of nitrogens with one attached hydrogen (secondary N) is 1. The molecule has 1 saturated heterocycles. The van der Waals surface area contributed by atoms with Gasteiger partial charge < -0.3 is 10.2 Å². The zero-order valence-electron chi connectivity index (χ0n) is 9.79. The molecule has 1 aromatic heterocycles. The number of likely N-dealkylation sites (tertiary alicyclic amines) is 1. The van der Waals surface area contributed by atoms with Gasteiger partial charge in [0, 0.05) is 19.2 Å². The third-order valence-electron chi connectivity index (χ3n) is 3.12. The second-order valence-electron chi connectivity index (χ2n) is 4.30. The molecule has 2 rings (SSSR count). The van der Waals surface area contributed by atoms with Crippen molar-refractivity contribution in [1.29, 1.82) is 0 Å². The Balaban J connectivity index is 1.88. The second-order valence-corrected chi connectivity index (χ2v) is 5.05. The largest absolute Gasteiger partial charge is 0.382 e. The average Bonchev–Trinajstić information content (AvgIpc) is 2.78. The Labute approximate surface area is 111 Å². The molecule has 6 heteroatoms. The number of hydrogen-bond acceptors (Lipinski definition) is 4. The third-order valence-corrected chi connectivity index (χ3v) is 3.58. The van der Waals surface area contributed by atoms with Gasteiger partial charge in [0.25, 0.3) is 0 Å². The Hall–Kier alpha value is -0.580. The van der Waals surface area contributed by atoms with E-state index in [-0.39, 0.29) is 0 Å². The van der Waals surface area contributed by atoms with Crippen LogP contribution in [0.5, 0.6) is 0 Å². The van der Waals surface area contributed by atoms with Crippen molar-refractivity contribution in [1.82, 2.24) is 15.1 Å². The quantitative estimate of drug-likeness (QED) is 0.916. The first-order chi connectivity index (χ1) is 8.19. The van der Waals surface area contributed by atoms with Gasteiger partial charge >= 0.3 is 0 Å². The number of anilines is 1. The maximum atomic E-state index is 5.93. The molecule has 1 atom stereocenters. The summed E-state index contributed by atoms with van der Waals surface area (Å²) in [7, 11) is 0. The number of halogens is 2. The lowest BCUT2D eigenvalue weighted by Gasteiger charge is -2.14. The summed E-state index contributed by atoms with van der Waals surface area (Å²) in [5.41, 5.74) is 0.765. The molecule has 1 unspecified atom stereocenters. The summed E-state index contributed by atoms with van der Waals surface area (Å²) in [6.07, 6.45) is 1.23. The Kier molecular flexibility index (Phi) is 4.42. The molecule has 1 fully saturated rings. The first-order valence-electron chi connectivity index (χ1n) is 5.84. The lowest BCUT2D eigenvalue weighted by molar-refractivity contribution is 0.345. The van der Waals surface area contributed by atoms with Crippen molar-refractivity contribution >= 4 is 28.9 Å². The number of nitrogens with zero attached hydrogens (tertiary/aromatic N) is 3. The summed E-state index contributed by atoms with van der Waals surface area (Å²) in [5, 5.41) is 11.5. The fraction of sp³-hybridized carbons (Fsp3) is 0.636. The highest BCUT2D eigenvalue weighted by molar-refractivity contribution is 6.33. The van der Waals surface area contributed by atoms with Crippen LogP contribution in [0.25, 0.3) is 0 Å². The molecule has 94 valence electrons. The van der Waals surface area contributed by atoms with Crippen LogP contribution >= 0.6 is 23.2 Å². The zero-order chi connectivity index (χ0) is 12.3. The van der Waals surface area contributed by atoms with Crippen molar-refractivity contribution in [2.24, 2.45) is 5.92 Å². The Bertz CT molecular complexity index is 386. The van der Waals surface area contributed by atoms with Crippen LogP contribution in [-0.2, 0) is 0 Å². The van der Waals surface area contributed by atoms with Crippen molar-refractivity contribution in [3.63, 3.8) is 0 Å². The van der Waals surface area contributed by atoms with Gasteiger partial charge in [0.05, 0.1) is 5.69 Å². The first kappa shape index (κ1) is 12.9. The topological polar surface area (TPSA) is 41.0 Å². The van der Waals surface area contributed by atoms with E-state index in [0.717, 1.165) is 25.3 Å². The molecule has 1 N–H and O–H groups in total. The number of aromatic nitrogens is 2. The van der Waals surface area contributed by atoms with Crippen molar-refractivity contribution in [3.8, 4) is 0 Å². The molecular weight excluding hydrogens is 259 g/mol. The SMILES string of the molecule is CCN1CCC(CNc2cc(Cl)nnc2Cl)C1. The van der Waals surface area contributed by atoms with Gasteiger partial charge in [-0.2, -0.15) is 0 Å². The second kappa shape index (κ2) is 5.85. The molecule has 0 bridgehead atoms. The summed E-state index contributed by atoms with van der Waals surface area (Å²) < 4.78 is 0. The molecule has 17 heavy (non-hydrogen) atoms. The maximum absolute atomic E-state index is 5.93. The zero-order valence-corrected chi connectivity index (χ0v) is 11.3. The molecule has 0 aromatic carbocycles. The van der Waals surface area contributed by atoms with Crippen LogP contribution in [0.4, 0.5) is 5.69 Å². The van der Waals surface area contributed by atoms with E-state index in [4.69, 9.17) is 23.2 Å². The summed E-state index contributed by atoms with van der Waals surface area (Å²) >= 11 is 11.7. The third kappa shape index (κ3) is 3.44. The summed E-state index contributed by atoms with van der Waals surface area (Å²) in [6.45, 7) is 6.55. The number of hydrogen-bond donors (Lipinski definition) is 1. The fourth-order valence-electron chi connectivity index (χ4n) is 2.10. The Morgan fingerprint density at radius 2 is 2.29 bits per heavy atom. The van der Waals surface area contributed by atoms with Crippen molar-refractivity contribution in [3.05, 3.63) is 16.4 Å². The summed E-state index contributed by atoms with van der Waals surface area (Å²) in [4.78, 5) is 2.45. The van der Waals surface area contributed by atoms with Crippen LogP contribution in [0, 0.1) is 5.92 Å². The van der Waals surface area contributed by atoms with E-state index in [1.807, 2.05) is 0 Å². The first-order valence-corrected chi connectivity index (χ1v) is 6.59. The molecular formula is C11H16Cl2N4. The van der Waals surface area contributed by atoms with Gasteiger partial charge in [0.2, 0.25) is 0 Å². The lowest BCUT2D eigenvalue weighted by Crippen LogP contribution is -2.22. The van der Waals surface area contributed by atoms with E-state index in [0.29, 0.717) is 16.2 Å². The predicted molar refractivity (Wildman–Crippen MR) is 70.8 cm³/mol. The average molecular weight is 275 g/mol. The van der Waals surface area contributed by atoms with Crippen molar-refractivity contribution in [2.45, 2.75) is 13.3 Å². The standard InChI is InChI=1S/C11H16Cl2N4/c1-2-17-4-3-8(7-17)6-14-9-5-10(12)15-16-11(9)13/h5,8H,2-4,6-7H2,1H3,(H,14,15). The molecule has 0 radical (unpaired) electrons. The van der Waals surface area contributed by atoms with Crippen LogP contribution < -0.4 is 5.32 Å². The van der Waals surface area contributed by atoms with E-state index in [9.17, 15) is 0 Å². The van der Waals surface area contributed by atoms with Crippen LogP contribution in [0.2, 0.25) is 10.3 Å². The molecule has 1 aliphatic heterocycles. The molecule has 4 nitrogen and oxygen atoms in total. The van der Waals surface area contributed by atoms with Crippen molar-refractivity contribution in [2.75, 3.05) is 31.5 Å². The predicted octanol–water partition coefficient (Wildman–Crippen LogP) is 2.54. The summed E-state index contributed by atoms with van der Waals surface area (Å²) in [5.74, 6) is 0.665. The maximum Gasteiger partial charge on any atom is 0.174 e. The Morgan fingerprint density at radius 1 is 1.47 bits per heavy atom. The molecule has 2 heterocycles. The van der Waals surface area contributed by atoms with E-state index < -0.39 is 0 Å². The van der Waals surface area contributed by atoms with Gasteiger partial charge in [-0.25, -0.2) is 0 Å². The molecule has 1 aromatic rings. The lowest BCUT2D eigenvalue weighted by atomic mass is 10.1. The highest BCUT2D eigenvalue weighted by Gasteiger charge is 2.21. The van der Waals surface area contributed by atoms with Crippen LogP contribution in [0.15, 0.2) is 6.07 Å². The van der Waals surface area contributed by atoms with Gasteiger partial charge in [-0.05, 0) is 25.4 Å². The van der Waals surface area contributed by atoms with Gasteiger partial charge in [0.15, 0.2) is 10.3 Å². The fourth-order valence-corrected chi connectivity index (χ4v) is 2.40. The molecule has 0 spiro atoms. The molecule has 0 saturated carbocycles. The van der Waals surface area contributed by atoms with Gasteiger partial charge in [-0.3, -0.25) is 0 Å². The van der Waals surface area contributed by atoms with Gasteiger partial charge in [-0.1, -0.05) is 30.1 Å². The smallest absolute Gasteiger partial charge is 0.174 e. The Morgan fingerprint density at radius 3 is 3.00 bits per heavy atom. The highest BCUT2D eigenvalue weighted by atomic mass is 35.5. The van der Waals surface area contributed by atoms with Crippen LogP contribution in [0.1, 0.15) is 13.3 Å². The minimum atomic E-state index is 0.360. The van der Waals surface area contributed by atoms with E-state index in [2.05, 4.69) is 27.3 Å². The van der Waals surface area contributed by atoms with Gasteiger partial charge in [-0.15, -0.1) is 10.2 Å². The normalized spacial score (nSPS) is 20.8. The molecule has 1 aliphatic rings. The van der Waals surface area contributed by atoms with Crippen LogP contribution in [-0.4, -0.2) is 41.3 Å². The molecule has 0 amide bonds.